The Labute approximate surface area is 143 Å². The largest absolute Gasteiger partial charge is 0.302 e. The van der Waals surface area contributed by atoms with Crippen molar-refractivity contribution in [2.75, 3.05) is 11.9 Å². The first kappa shape index (κ1) is 16.3. The number of carbonyl (C=O) groups is 3. The van der Waals surface area contributed by atoms with Crippen LogP contribution in [0.3, 0.4) is 0 Å². The van der Waals surface area contributed by atoms with Crippen LogP contribution in [0.25, 0.3) is 0 Å². The number of hydrogen-bond donors (Lipinski definition) is 1. The van der Waals surface area contributed by atoms with E-state index in [2.05, 4.69) is 10.3 Å². The first-order valence-electron chi connectivity index (χ1n) is 7.68. The number of carbonyl (C=O) groups excluding carboxylic acids is 3. The number of imide groups is 1. The molecule has 0 unspecified atom stereocenters. The molecule has 24 heavy (non-hydrogen) atoms. The van der Waals surface area contributed by atoms with E-state index in [0.29, 0.717) is 22.2 Å². The summed E-state index contributed by atoms with van der Waals surface area (Å²) in [6, 6.07) is 6.68. The molecule has 6 nitrogen and oxygen atoms in total. The molecule has 0 fully saturated rings. The molecule has 0 saturated heterocycles. The van der Waals surface area contributed by atoms with E-state index in [4.69, 9.17) is 0 Å². The first-order valence-corrected chi connectivity index (χ1v) is 8.56. The molecule has 0 bridgehead atoms. The zero-order valence-corrected chi connectivity index (χ0v) is 14.2. The van der Waals surface area contributed by atoms with Gasteiger partial charge in [-0.3, -0.25) is 19.3 Å². The topological polar surface area (TPSA) is 79.4 Å². The van der Waals surface area contributed by atoms with Gasteiger partial charge in [0.05, 0.1) is 16.8 Å². The van der Waals surface area contributed by atoms with Gasteiger partial charge in [0, 0.05) is 18.3 Å². The minimum atomic E-state index is -0.347. The summed E-state index contributed by atoms with van der Waals surface area (Å²) in [6.07, 6.45) is 0.0437. The van der Waals surface area contributed by atoms with Crippen LogP contribution in [0, 0.1) is 0 Å². The standard InChI is InChI=1S/C17H17N3O3S/c1-10(2)13-9-24-17(18-13)19-14(21)7-8-20-15(22)11-5-3-4-6-12(11)16(20)23/h3-6,9-10H,7-8H2,1-2H3,(H,18,19,21). The molecule has 0 atom stereocenters. The molecule has 7 heteroatoms. The third-order valence-electron chi connectivity index (χ3n) is 3.80. The lowest BCUT2D eigenvalue weighted by molar-refractivity contribution is -0.116. The molecule has 1 aromatic carbocycles. The highest BCUT2D eigenvalue weighted by atomic mass is 32.1. The minimum absolute atomic E-state index is 0.0437. The lowest BCUT2D eigenvalue weighted by Gasteiger charge is -2.12. The molecule has 1 aliphatic rings. The van der Waals surface area contributed by atoms with Gasteiger partial charge in [-0.05, 0) is 18.1 Å². The number of nitrogens with one attached hydrogen (secondary N) is 1. The molecule has 1 aliphatic heterocycles. The smallest absolute Gasteiger partial charge is 0.261 e. The van der Waals surface area contributed by atoms with Gasteiger partial charge in [-0.15, -0.1) is 11.3 Å². The second-order valence-electron chi connectivity index (χ2n) is 5.84. The Hall–Kier alpha value is -2.54. The van der Waals surface area contributed by atoms with Crippen molar-refractivity contribution in [3.8, 4) is 0 Å². The molecule has 2 heterocycles. The maximum absolute atomic E-state index is 12.2. The summed E-state index contributed by atoms with van der Waals surface area (Å²) in [5.74, 6) is -0.666. The summed E-state index contributed by atoms with van der Waals surface area (Å²) in [4.78, 5) is 41.9. The van der Waals surface area contributed by atoms with E-state index < -0.39 is 0 Å². The summed E-state index contributed by atoms with van der Waals surface area (Å²) < 4.78 is 0. The van der Waals surface area contributed by atoms with Crippen LogP contribution < -0.4 is 5.32 Å². The van der Waals surface area contributed by atoms with Crippen molar-refractivity contribution in [3.63, 3.8) is 0 Å². The molecule has 0 spiro atoms. The molecule has 3 rings (SSSR count). The highest BCUT2D eigenvalue weighted by molar-refractivity contribution is 7.13. The molecular weight excluding hydrogens is 326 g/mol. The quantitative estimate of drug-likeness (QED) is 0.847. The lowest BCUT2D eigenvalue weighted by Crippen LogP contribution is -2.32. The number of rotatable bonds is 5. The molecule has 1 aromatic heterocycles. The zero-order chi connectivity index (χ0) is 17.3. The van der Waals surface area contributed by atoms with Gasteiger partial charge >= 0.3 is 0 Å². The number of anilines is 1. The van der Waals surface area contributed by atoms with E-state index in [1.54, 1.807) is 24.3 Å². The highest BCUT2D eigenvalue weighted by Crippen LogP contribution is 2.23. The van der Waals surface area contributed by atoms with E-state index in [-0.39, 0.29) is 30.7 Å². The predicted molar refractivity (Wildman–Crippen MR) is 91.3 cm³/mol. The molecule has 0 radical (unpaired) electrons. The first-order chi connectivity index (χ1) is 11.5. The second-order valence-corrected chi connectivity index (χ2v) is 6.70. The Morgan fingerprint density at radius 2 is 1.83 bits per heavy atom. The summed E-state index contributed by atoms with van der Waals surface area (Å²) in [5.41, 5.74) is 1.71. The molecule has 0 saturated carbocycles. The number of hydrogen-bond acceptors (Lipinski definition) is 5. The fourth-order valence-electron chi connectivity index (χ4n) is 2.45. The van der Waals surface area contributed by atoms with E-state index in [1.165, 1.54) is 11.3 Å². The summed E-state index contributed by atoms with van der Waals surface area (Å²) >= 11 is 1.36. The third kappa shape index (κ3) is 3.07. The normalized spacial score (nSPS) is 13.5. The molecular formula is C17H17N3O3S. The van der Waals surface area contributed by atoms with Crippen LogP contribution in [0.15, 0.2) is 29.6 Å². The summed E-state index contributed by atoms with van der Waals surface area (Å²) in [7, 11) is 0. The van der Waals surface area contributed by atoms with Crippen LogP contribution >= 0.6 is 11.3 Å². The molecule has 2 aromatic rings. The van der Waals surface area contributed by atoms with Crippen molar-refractivity contribution < 1.29 is 14.4 Å². The van der Waals surface area contributed by atoms with Gasteiger partial charge in [0.15, 0.2) is 5.13 Å². The second kappa shape index (κ2) is 6.52. The van der Waals surface area contributed by atoms with Crippen molar-refractivity contribution in [2.24, 2.45) is 0 Å². The van der Waals surface area contributed by atoms with Crippen LogP contribution in [0.1, 0.15) is 52.6 Å². The maximum atomic E-state index is 12.2. The van der Waals surface area contributed by atoms with Gasteiger partial charge < -0.3 is 5.32 Å². The van der Waals surface area contributed by atoms with Crippen molar-refractivity contribution in [1.29, 1.82) is 0 Å². The Balaban J connectivity index is 1.59. The van der Waals surface area contributed by atoms with Gasteiger partial charge in [-0.25, -0.2) is 4.98 Å². The van der Waals surface area contributed by atoms with E-state index >= 15 is 0 Å². The SMILES string of the molecule is CC(C)c1csc(NC(=O)CCN2C(=O)c3ccccc3C2=O)n1. The van der Waals surface area contributed by atoms with E-state index in [0.717, 1.165) is 10.6 Å². The van der Waals surface area contributed by atoms with Crippen molar-refractivity contribution in [1.82, 2.24) is 9.88 Å². The number of fused-ring (bicyclic) bond motifs is 1. The summed E-state index contributed by atoms with van der Waals surface area (Å²) in [6.45, 7) is 4.12. The van der Waals surface area contributed by atoms with Crippen molar-refractivity contribution in [2.45, 2.75) is 26.2 Å². The van der Waals surface area contributed by atoms with Crippen LogP contribution in [-0.4, -0.2) is 34.2 Å². The number of benzene rings is 1. The molecule has 3 amide bonds. The van der Waals surface area contributed by atoms with Gasteiger partial charge in [0.25, 0.3) is 11.8 Å². The van der Waals surface area contributed by atoms with Gasteiger partial charge in [-0.2, -0.15) is 0 Å². The predicted octanol–water partition coefficient (Wildman–Crippen LogP) is 2.89. The Kier molecular flexibility index (Phi) is 4.44. The zero-order valence-electron chi connectivity index (χ0n) is 13.4. The average Bonchev–Trinajstić information content (AvgIpc) is 3.11. The highest BCUT2D eigenvalue weighted by Gasteiger charge is 2.34. The lowest BCUT2D eigenvalue weighted by atomic mass is 10.1. The molecule has 0 aliphatic carbocycles. The molecule has 1 N–H and O–H groups in total. The average molecular weight is 343 g/mol. The maximum Gasteiger partial charge on any atom is 0.261 e. The fourth-order valence-corrected chi connectivity index (χ4v) is 3.33. The Bertz CT molecular complexity index is 778. The number of amides is 3. The van der Waals surface area contributed by atoms with Crippen molar-refractivity contribution >= 4 is 34.2 Å². The minimum Gasteiger partial charge on any atom is -0.302 e. The third-order valence-corrected chi connectivity index (χ3v) is 4.58. The van der Waals surface area contributed by atoms with Gasteiger partial charge in [-0.1, -0.05) is 26.0 Å². The van der Waals surface area contributed by atoms with Crippen LogP contribution in [0.2, 0.25) is 0 Å². The van der Waals surface area contributed by atoms with E-state index in [9.17, 15) is 14.4 Å². The monoisotopic (exact) mass is 343 g/mol. The van der Waals surface area contributed by atoms with Crippen LogP contribution in [-0.2, 0) is 4.79 Å². The van der Waals surface area contributed by atoms with Crippen molar-refractivity contribution in [3.05, 3.63) is 46.5 Å². The summed E-state index contributed by atoms with van der Waals surface area (Å²) in [5, 5.41) is 5.15. The number of nitrogens with zero attached hydrogens (tertiary/aromatic N) is 2. The number of aromatic nitrogens is 1. The fraction of sp³-hybridized carbons (Fsp3) is 0.294. The molecule has 124 valence electrons. The van der Waals surface area contributed by atoms with Crippen LogP contribution in [0.5, 0.6) is 0 Å². The Morgan fingerprint density at radius 3 is 2.38 bits per heavy atom. The van der Waals surface area contributed by atoms with Gasteiger partial charge in [0.1, 0.15) is 0 Å². The Morgan fingerprint density at radius 1 is 1.21 bits per heavy atom. The van der Waals surface area contributed by atoms with Gasteiger partial charge in [0.2, 0.25) is 5.91 Å². The number of thiazole rings is 1. The van der Waals surface area contributed by atoms with Crippen LogP contribution in [0.4, 0.5) is 5.13 Å². The van der Waals surface area contributed by atoms with E-state index in [1.807, 2.05) is 19.2 Å².